The Balaban J connectivity index is 0.00000196. The van der Waals surface area contributed by atoms with E-state index in [4.69, 9.17) is 21.9 Å². The van der Waals surface area contributed by atoms with Crippen molar-refractivity contribution in [2.75, 3.05) is 13.1 Å². The number of nitrogens with zero attached hydrogens (tertiary/aromatic N) is 3. The third-order valence-corrected chi connectivity index (χ3v) is 5.64. The predicted octanol–water partition coefficient (Wildman–Crippen LogP) is 2.94. The number of carbonyl (C=O) groups is 1. The quantitative estimate of drug-likeness (QED) is 0.858. The first-order valence-corrected chi connectivity index (χ1v) is 9.10. The molecule has 1 aromatic heterocycles. The summed E-state index contributed by atoms with van der Waals surface area (Å²) < 4.78 is 5.27. The second-order valence-electron chi connectivity index (χ2n) is 6.98. The van der Waals surface area contributed by atoms with E-state index in [-0.39, 0.29) is 24.4 Å². The van der Waals surface area contributed by atoms with Crippen LogP contribution < -0.4 is 5.73 Å². The molecule has 0 bridgehead atoms. The molecule has 8 heteroatoms. The van der Waals surface area contributed by atoms with E-state index in [1.807, 2.05) is 17.0 Å². The average molecular weight is 397 g/mol. The average Bonchev–Trinajstić information content (AvgIpc) is 3.31. The number of fused-ring (bicyclic) bond motifs is 1. The predicted molar refractivity (Wildman–Crippen MR) is 101 cm³/mol. The number of aromatic nitrogens is 2. The van der Waals surface area contributed by atoms with E-state index in [1.54, 1.807) is 12.1 Å². The summed E-state index contributed by atoms with van der Waals surface area (Å²) in [5.41, 5.74) is 6.98. The van der Waals surface area contributed by atoms with Crippen LogP contribution in [0.3, 0.4) is 0 Å². The second kappa shape index (κ2) is 7.94. The van der Waals surface area contributed by atoms with Gasteiger partial charge in [-0.1, -0.05) is 16.8 Å². The molecule has 26 heavy (non-hydrogen) atoms. The normalized spacial score (nSPS) is 24.4. The highest BCUT2D eigenvalue weighted by atomic mass is 35.5. The number of aryl methyl sites for hydroxylation is 1. The van der Waals surface area contributed by atoms with E-state index in [0.29, 0.717) is 41.4 Å². The molecule has 6 nitrogen and oxygen atoms in total. The Morgan fingerprint density at radius 3 is 2.77 bits per heavy atom. The van der Waals surface area contributed by atoms with Gasteiger partial charge in [-0.25, -0.2) is 0 Å². The molecule has 2 heterocycles. The first-order valence-electron chi connectivity index (χ1n) is 8.72. The van der Waals surface area contributed by atoms with E-state index >= 15 is 0 Å². The zero-order chi connectivity index (χ0) is 17.4. The van der Waals surface area contributed by atoms with E-state index in [0.717, 1.165) is 31.5 Å². The Kier molecular flexibility index (Phi) is 5.85. The van der Waals surface area contributed by atoms with Crippen LogP contribution in [0.4, 0.5) is 0 Å². The van der Waals surface area contributed by atoms with Gasteiger partial charge in [0.2, 0.25) is 17.6 Å². The van der Waals surface area contributed by atoms with Crippen molar-refractivity contribution in [2.45, 2.75) is 31.7 Å². The highest BCUT2D eigenvalue weighted by molar-refractivity contribution is 6.30. The molecule has 140 valence electrons. The third-order valence-electron chi connectivity index (χ3n) is 5.39. The minimum absolute atomic E-state index is 0. The number of carbonyl (C=O) groups excluding carboxylic acids is 1. The van der Waals surface area contributed by atoms with Crippen LogP contribution in [-0.2, 0) is 11.2 Å². The molecule has 1 saturated carbocycles. The number of amides is 1. The van der Waals surface area contributed by atoms with Crippen LogP contribution in [0.15, 0.2) is 28.8 Å². The van der Waals surface area contributed by atoms with Crippen LogP contribution in [-0.4, -0.2) is 40.1 Å². The molecule has 2 fully saturated rings. The van der Waals surface area contributed by atoms with Crippen molar-refractivity contribution < 1.29 is 9.32 Å². The number of nitrogens with two attached hydrogens (primary N) is 1. The SMILES string of the molecule is Cl.NC1CCC2CN(C(=O)CCc3nc(-c4ccc(Cl)cc4)no3)CC12. The number of hydrogen-bond donors (Lipinski definition) is 1. The van der Waals surface area contributed by atoms with Crippen molar-refractivity contribution in [1.82, 2.24) is 15.0 Å². The van der Waals surface area contributed by atoms with Crippen LogP contribution in [0.1, 0.15) is 25.2 Å². The van der Waals surface area contributed by atoms with Crippen LogP contribution in [0.25, 0.3) is 11.4 Å². The van der Waals surface area contributed by atoms with Gasteiger partial charge in [-0.2, -0.15) is 4.98 Å². The van der Waals surface area contributed by atoms with E-state index in [1.165, 1.54) is 0 Å². The Morgan fingerprint density at radius 2 is 2.04 bits per heavy atom. The highest BCUT2D eigenvalue weighted by Gasteiger charge is 2.42. The van der Waals surface area contributed by atoms with Gasteiger partial charge < -0.3 is 15.2 Å². The summed E-state index contributed by atoms with van der Waals surface area (Å²) >= 11 is 5.88. The van der Waals surface area contributed by atoms with Gasteiger partial charge in [0, 0.05) is 42.6 Å². The summed E-state index contributed by atoms with van der Waals surface area (Å²) in [6, 6.07) is 7.50. The largest absolute Gasteiger partial charge is 0.342 e. The van der Waals surface area contributed by atoms with Crippen LogP contribution in [0.2, 0.25) is 5.02 Å². The lowest BCUT2D eigenvalue weighted by molar-refractivity contribution is -0.130. The fraction of sp³-hybridized carbons (Fsp3) is 0.500. The maximum absolute atomic E-state index is 12.5. The van der Waals surface area contributed by atoms with Gasteiger partial charge >= 0.3 is 0 Å². The summed E-state index contributed by atoms with van der Waals surface area (Å²) in [6.07, 6.45) is 3.07. The minimum atomic E-state index is 0. The summed E-state index contributed by atoms with van der Waals surface area (Å²) in [4.78, 5) is 18.8. The van der Waals surface area contributed by atoms with Crippen molar-refractivity contribution in [2.24, 2.45) is 17.6 Å². The first kappa shape index (κ1) is 19.1. The van der Waals surface area contributed by atoms with Crippen molar-refractivity contribution >= 4 is 29.9 Å². The Hall–Kier alpha value is -1.63. The minimum Gasteiger partial charge on any atom is -0.342 e. The summed E-state index contributed by atoms with van der Waals surface area (Å²) in [5, 5.41) is 4.64. The Bertz CT molecular complexity index is 765. The van der Waals surface area contributed by atoms with Crippen LogP contribution in [0.5, 0.6) is 0 Å². The van der Waals surface area contributed by atoms with Gasteiger partial charge in [0.05, 0.1) is 0 Å². The number of hydrogen-bond acceptors (Lipinski definition) is 5. The lowest BCUT2D eigenvalue weighted by atomic mass is 9.98. The van der Waals surface area contributed by atoms with E-state index in [2.05, 4.69) is 10.1 Å². The fourth-order valence-electron chi connectivity index (χ4n) is 3.96. The molecule has 2 aromatic rings. The molecule has 3 atom stereocenters. The zero-order valence-electron chi connectivity index (χ0n) is 14.3. The molecule has 2 N–H and O–H groups in total. The van der Waals surface area contributed by atoms with E-state index < -0.39 is 0 Å². The lowest BCUT2D eigenvalue weighted by Gasteiger charge is -2.18. The number of rotatable bonds is 4. The van der Waals surface area contributed by atoms with Gasteiger partial charge in [0.1, 0.15) is 0 Å². The summed E-state index contributed by atoms with van der Waals surface area (Å²) in [6.45, 7) is 1.64. The molecule has 0 radical (unpaired) electrons. The van der Waals surface area contributed by atoms with Gasteiger partial charge in [-0.3, -0.25) is 4.79 Å². The summed E-state index contributed by atoms with van der Waals surface area (Å²) in [7, 11) is 0. The monoisotopic (exact) mass is 396 g/mol. The third kappa shape index (κ3) is 3.87. The number of benzene rings is 1. The number of halogens is 2. The molecule has 4 rings (SSSR count). The molecule has 3 unspecified atom stereocenters. The molecule has 1 amide bonds. The zero-order valence-corrected chi connectivity index (χ0v) is 15.9. The Labute approximate surface area is 163 Å². The van der Waals surface area contributed by atoms with Crippen molar-refractivity contribution in [3.63, 3.8) is 0 Å². The number of likely N-dealkylation sites (tertiary alicyclic amines) is 1. The molecule has 0 spiro atoms. The lowest BCUT2D eigenvalue weighted by Crippen LogP contribution is -2.33. The molecule has 2 aliphatic rings. The molecule has 1 aromatic carbocycles. The molecular weight excluding hydrogens is 375 g/mol. The van der Waals surface area contributed by atoms with Crippen molar-refractivity contribution in [1.29, 1.82) is 0 Å². The Morgan fingerprint density at radius 1 is 1.27 bits per heavy atom. The maximum atomic E-state index is 12.5. The standard InChI is InChI=1S/C18H21ClN4O2.ClH/c19-13-4-1-11(2-5-13)18-21-16(25-22-18)7-8-17(24)23-9-12-3-6-15(20)14(12)10-23;/h1-2,4-5,12,14-15H,3,6-10,20H2;1H. The highest BCUT2D eigenvalue weighted by Crippen LogP contribution is 2.37. The van der Waals surface area contributed by atoms with Gasteiger partial charge in [0.25, 0.3) is 0 Å². The fourth-order valence-corrected chi connectivity index (χ4v) is 4.08. The topological polar surface area (TPSA) is 85.2 Å². The second-order valence-corrected chi connectivity index (χ2v) is 7.42. The van der Waals surface area contributed by atoms with E-state index in [9.17, 15) is 4.79 Å². The first-order chi connectivity index (χ1) is 12.1. The molecular formula is C18H22Cl2N4O2. The maximum Gasteiger partial charge on any atom is 0.227 e. The smallest absolute Gasteiger partial charge is 0.227 e. The van der Waals surface area contributed by atoms with Gasteiger partial charge in [-0.05, 0) is 48.9 Å². The molecule has 1 saturated heterocycles. The summed E-state index contributed by atoms with van der Waals surface area (Å²) in [5.74, 6) is 2.20. The van der Waals surface area contributed by atoms with Crippen molar-refractivity contribution in [3.8, 4) is 11.4 Å². The van der Waals surface area contributed by atoms with Gasteiger partial charge in [0.15, 0.2) is 0 Å². The van der Waals surface area contributed by atoms with Gasteiger partial charge in [-0.15, -0.1) is 12.4 Å². The molecule has 1 aliphatic heterocycles. The van der Waals surface area contributed by atoms with Crippen LogP contribution in [0, 0.1) is 11.8 Å². The van der Waals surface area contributed by atoms with Crippen molar-refractivity contribution in [3.05, 3.63) is 35.2 Å². The molecule has 1 aliphatic carbocycles. The van der Waals surface area contributed by atoms with Crippen LogP contribution >= 0.6 is 24.0 Å².